The second-order valence-electron chi connectivity index (χ2n) is 4.55. The van der Waals surface area contributed by atoms with Gasteiger partial charge in [-0.15, -0.1) is 0 Å². The van der Waals surface area contributed by atoms with Gasteiger partial charge in [0.15, 0.2) is 0 Å². The van der Waals surface area contributed by atoms with Crippen LogP contribution in [0.2, 0.25) is 0 Å². The van der Waals surface area contributed by atoms with Crippen LogP contribution in [0.5, 0.6) is 11.5 Å². The third kappa shape index (κ3) is 2.48. The molecule has 0 aliphatic carbocycles. The minimum atomic E-state index is 0.661. The first kappa shape index (κ1) is 12.5. The lowest BCUT2D eigenvalue weighted by molar-refractivity contribution is 0.396. The van der Waals surface area contributed by atoms with E-state index in [0.29, 0.717) is 5.76 Å². The molecule has 18 heavy (non-hydrogen) atoms. The van der Waals surface area contributed by atoms with Crippen molar-refractivity contribution in [2.75, 3.05) is 7.11 Å². The van der Waals surface area contributed by atoms with E-state index >= 15 is 0 Å². The third-order valence-electron chi connectivity index (χ3n) is 2.86. The summed E-state index contributed by atoms with van der Waals surface area (Å²) in [7, 11) is 1.68. The van der Waals surface area contributed by atoms with Gasteiger partial charge in [-0.3, -0.25) is 0 Å². The Kier molecular flexibility index (Phi) is 3.56. The summed E-state index contributed by atoms with van der Waals surface area (Å²) in [6.45, 7) is 8.01. The van der Waals surface area contributed by atoms with Crippen LogP contribution < -0.4 is 9.47 Å². The highest BCUT2D eigenvalue weighted by atomic mass is 16.5. The van der Waals surface area contributed by atoms with Crippen molar-refractivity contribution in [3.8, 4) is 11.5 Å². The molecular formula is C16H18O2. The van der Waals surface area contributed by atoms with Crippen LogP contribution in [0.1, 0.15) is 25.0 Å². The highest BCUT2D eigenvalue weighted by molar-refractivity contribution is 5.67. The summed E-state index contributed by atoms with van der Waals surface area (Å²) in [5, 5.41) is 0. The number of fused-ring (bicyclic) bond motifs is 1. The second kappa shape index (κ2) is 5.13. The van der Waals surface area contributed by atoms with Crippen molar-refractivity contribution in [2.45, 2.75) is 20.3 Å². The molecule has 2 heteroatoms. The number of benzene rings is 1. The smallest absolute Gasteiger partial charge is 0.141 e. The van der Waals surface area contributed by atoms with Crippen LogP contribution in [0.4, 0.5) is 0 Å². The van der Waals surface area contributed by atoms with E-state index in [0.717, 1.165) is 29.0 Å². The first-order valence-electron chi connectivity index (χ1n) is 6.00. The summed E-state index contributed by atoms with van der Waals surface area (Å²) in [6.07, 6.45) is 6.87. The molecule has 2 nitrogen and oxygen atoms in total. The van der Waals surface area contributed by atoms with Gasteiger partial charge in [-0.1, -0.05) is 18.2 Å². The minimum absolute atomic E-state index is 0.661. The molecule has 0 saturated carbocycles. The molecule has 0 bridgehead atoms. The van der Waals surface area contributed by atoms with Gasteiger partial charge >= 0.3 is 0 Å². The molecule has 1 aliphatic heterocycles. The van der Waals surface area contributed by atoms with Crippen molar-refractivity contribution in [1.82, 2.24) is 0 Å². The number of rotatable bonds is 3. The van der Waals surface area contributed by atoms with Gasteiger partial charge in [0.05, 0.1) is 7.11 Å². The minimum Gasteiger partial charge on any atom is -0.496 e. The largest absolute Gasteiger partial charge is 0.496 e. The van der Waals surface area contributed by atoms with E-state index in [1.54, 1.807) is 7.11 Å². The van der Waals surface area contributed by atoms with Gasteiger partial charge in [-0.05, 0) is 44.6 Å². The lowest BCUT2D eigenvalue weighted by Crippen LogP contribution is -2.03. The fourth-order valence-electron chi connectivity index (χ4n) is 1.92. The molecule has 0 spiro atoms. The lowest BCUT2D eigenvalue weighted by atomic mass is 10.0. The van der Waals surface area contributed by atoms with E-state index in [1.807, 2.05) is 24.3 Å². The van der Waals surface area contributed by atoms with Crippen LogP contribution in [0.25, 0.3) is 6.08 Å². The molecule has 0 atom stereocenters. The summed E-state index contributed by atoms with van der Waals surface area (Å²) in [6, 6.07) is 3.98. The van der Waals surface area contributed by atoms with E-state index in [9.17, 15) is 0 Å². The standard InChI is InChI=1S/C16H18O2/c1-11(2)5-9-14-15(17-4)10-8-13-7-6-12(3)18-16(13)14/h5-8,10H,3,9H2,1-2,4H3. The van der Waals surface area contributed by atoms with Gasteiger partial charge in [0.1, 0.15) is 17.3 Å². The van der Waals surface area contributed by atoms with Crippen molar-refractivity contribution in [2.24, 2.45) is 0 Å². The zero-order valence-electron chi connectivity index (χ0n) is 11.1. The molecule has 94 valence electrons. The Labute approximate surface area is 108 Å². The lowest BCUT2D eigenvalue weighted by Gasteiger charge is -2.19. The number of ether oxygens (including phenoxy) is 2. The number of hydrogen-bond acceptors (Lipinski definition) is 2. The van der Waals surface area contributed by atoms with Crippen molar-refractivity contribution < 1.29 is 9.47 Å². The molecule has 1 aromatic rings. The Morgan fingerprint density at radius 2 is 2.11 bits per heavy atom. The molecule has 0 unspecified atom stereocenters. The van der Waals surface area contributed by atoms with Crippen LogP contribution in [0.15, 0.2) is 42.2 Å². The van der Waals surface area contributed by atoms with Gasteiger partial charge in [0, 0.05) is 11.1 Å². The zero-order chi connectivity index (χ0) is 13.1. The summed E-state index contributed by atoms with van der Waals surface area (Å²) >= 11 is 0. The number of allylic oxidation sites excluding steroid dienone is 3. The van der Waals surface area contributed by atoms with Crippen LogP contribution >= 0.6 is 0 Å². The van der Waals surface area contributed by atoms with Crippen molar-refractivity contribution in [3.63, 3.8) is 0 Å². The SMILES string of the molecule is C=C1C=Cc2ccc(OC)c(CC=C(C)C)c2O1. The Bertz CT molecular complexity index is 532. The highest BCUT2D eigenvalue weighted by Crippen LogP contribution is 2.37. The fraction of sp³-hybridized carbons (Fsp3) is 0.250. The molecule has 0 amide bonds. The van der Waals surface area contributed by atoms with E-state index in [4.69, 9.17) is 9.47 Å². The van der Waals surface area contributed by atoms with E-state index in [2.05, 4.69) is 26.5 Å². The summed E-state index contributed by atoms with van der Waals surface area (Å²) < 4.78 is 11.2. The maximum atomic E-state index is 5.75. The third-order valence-corrected chi connectivity index (χ3v) is 2.86. The summed E-state index contributed by atoms with van der Waals surface area (Å²) in [4.78, 5) is 0. The second-order valence-corrected chi connectivity index (χ2v) is 4.55. The number of methoxy groups -OCH3 is 1. The topological polar surface area (TPSA) is 18.5 Å². The molecule has 0 N–H and O–H groups in total. The fourth-order valence-corrected chi connectivity index (χ4v) is 1.92. The molecular weight excluding hydrogens is 224 g/mol. The van der Waals surface area contributed by atoms with Gasteiger partial charge in [0.25, 0.3) is 0 Å². The normalized spacial score (nSPS) is 12.7. The Balaban J connectivity index is 2.50. The first-order chi connectivity index (χ1) is 8.61. The Hall–Kier alpha value is -1.96. The summed E-state index contributed by atoms with van der Waals surface area (Å²) in [5.74, 6) is 2.38. The molecule has 0 saturated heterocycles. The first-order valence-corrected chi connectivity index (χ1v) is 6.00. The molecule has 0 fully saturated rings. The van der Waals surface area contributed by atoms with Crippen LogP contribution in [0.3, 0.4) is 0 Å². The molecule has 0 aromatic heterocycles. The van der Waals surface area contributed by atoms with E-state index in [1.165, 1.54) is 5.57 Å². The van der Waals surface area contributed by atoms with E-state index < -0.39 is 0 Å². The van der Waals surface area contributed by atoms with Crippen LogP contribution in [-0.4, -0.2) is 7.11 Å². The monoisotopic (exact) mass is 242 g/mol. The molecule has 1 aliphatic rings. The molecule has 2 rings (SSSR count). The quantitative estimate of drug-likeness (QED) is 0.742. The van der Waals surface area contributed by atoms with Gasteiger partial charge in [-0.2, -0.15) is 0 Å². The molecule has 0 radical (unpaired) electrons. The van der Waals surface area contributed by atoms with Gasteiger partial charge in [-0.25, -0.2) is 0 Å². The highest BCUT2D eigenvalue weighted by Gasteiger charge is 2.16. The van der Waals surface area contributed by atoms with Crippen LogP contribution in [-0.2, 0) is 6.42 Å². The molecule has 1 heterocycles. The predicted molar refractivity (Wildman–Crippen MR) is 74.9 cm³/mol. The predicted octanol–water partition coefficient (Wildman–Crippen LogP) is 4.12. The Morgan fingerprint density at radius 3 is 2.78 bits per heavy atom. The Morgan fingerprint density at radius 1 is 1.33 bits per heavy atom. The van der Waals surface area contributed by atoms with E-state index in [-0.39, 0.29) is 0 Å². The molecule has 1 aromatic carbocycles. The average molecular weight is 242 g/mol. The van der Waals surface area contributed by atoms with Crippen molar-refractivity contribution >= 4 is 6.08 Å². The van der Waals surface area contributed by atoms with Gasteiger partial charge in [0.2, 0.25) is 0 Å². The maximum Gasteiger partial charge on any atom is 0.141 e. The van der Waals surface area contributed by atoms with Crippen molar-refractivity contribution in [3.05, 3.63) is 53.3 Å². The zero-order valence-corrected chi connectivity index (χ0v) is 11.1. The maximum absolute atomic E-state index is 5.75. The van der Waals surface area contributed by atoms with Gasteiger partial charge < -0.3 is 9.47 Å². The van der Waals surface area contributed by atoms with Crippen LogP contribution in [0, 0.1) is 0 Å². The average Bonchev–Trinajstić information content (AvgIpc) is 2.35. The number of hydrogen-bond donors (Lipinski definition) is 0. The summed E-state index contributed by atoms with van der Waals surface area (Å²) in [5.41, 5.74) is 3.42. The van der Waals surface area contributed by atoms with Crippen molar-refractivity contribution in [1.29, 1.82) is 0 Å².